The Balaban J connectivity index is 1.91. The van der Waals surface area contributed by atoms with Crippen molar-refractivity contribution in [1.82, 2.24) is 19.4 Å². The minimum Gasteiger partial charge on any atom is -0.327 e. The molecule has 0 aliphatic rings. The van der Waals surface area contributed by atoms with Crippen LogP contribution in [0.1, 0.15) is 29.1 Å². The zero-order valence-electron chi connectivity index (χ0n) is 19.8. The van der Waals surface area contributed by atoms with Gasteiger partial charge in [0.15, 0.2) is 0 Å². The molecule has 1 amide bonds. The number of rotatable bonds is 7. The van der Waals surface area contributed by atoms with Crippen molar-refractivity contribution in [1.29, 1.82) is 0 Å². The average Bonchev–Trinajstić information content (AvgIpc) is 2.84. The third kappa shape index (κ3) is 5.11. The Morgan fingerprint density at radius 1 is 1.00 bits per heavy atom. The van der Waals surface area contributed by atoms with E-state index in [1.165, 1.54) is 16.7 Å². The van der Waals surface area contributed by atoms with E-state index in [4.69, 9.17) is 16.6 Å². The SMILES string of the molecule is CC(c1nc2ccccc2c(=O)n1-c1ccc(Cl)cc1)N(CCN(C)C)C(=O)c1ccccc1F. The number of nitrogens with zero attached hydrogens (tertiary/aromatic N) is 4. The van der Waals surface area contributed by atoms with Gasteiger partial charge in [0.2, 0.25) is 0 Å². The number of hydrogen-bond donors (Lipinski definition) is 0. The molecule has 3 aromatic carbocycles. The Labute approximate surface area is 208 Å². The Bertz CT molecular complexity index is 1420. The summed E-state index contributed by atoms with van der Waals surface area (Å²) in [5.74, 6) is -0.692. The number of carbonyl (C=O) groups is 1. The second-order valence-electron chi connectivity index (χ2n) is 8.56. The molecule has 0 saturated carbocycles. The second kappa shape index (κ2) is 10.4. The maximum atomic E-state index is 14.6. The van der Waals surface area contributed by atoms with E-state index in [0.717, 1.165) is 0 Å². The van der Waals surface area contributed by atoms with Crippen LogP contribution in [0.5, 0.6) is 0 Å². The monoisotopic (exact) mass is 492 g/mol. The molecular formula is C27H26ClFN4O2. The lowest BCUT2D eigenvalue weighted by molar-refractivity contribution is 0.0662. The summed E-state index contributed by atoms with van der Waals surface area (Å²) in [6.07, 6.45) is 0. The highest BCUT2D eigenvalue weighted by molar-refractivity contribution is 6.30. The fourth-order valence-electron chi connectivity index (χ4n) is 3.98. The van der Waals surface area contributed by atoms with E-state index in [-0.39, 0.29) is 11.1 Å². The highest BCUT2D eigenvalue weighted by Crippen LogP contribution is 2.25. The Morgan fingerprint density at radius 3 is 2.34 bits per heavy atom. The lowest BCUT2D eigenvalue weighted by Gasteiger charge is -2.31. The molecule has 0 saturated heterocycles. The molecule has 4 rings (SSSR count). The Morgan fingerprint density at radius 2 is 1.66 bits per heavy atom. The molecule has 0 aliphatic carbocycles. The predicted molar refractivity (Wildman–Crippen MR) is 137 cm³/mol. The van der Waals surface area contributed by atoms with Gasteiger partial charge in [0.05, 0.1) is 28.2 Å². The molecule has 0 radical (unpaired) electrons. The van der Waals surface area contributed by atoms with Gasteiger partial charge in [-0.05, 0) is 69.6 Å². The Hall–Kier alpha value is -3.55. The number of carbonyl (C=O) groups excluding carboxylic acids is 1. The van der Waals surface area contributed by atoms with Gasteiger partial charge >= 0.3 is 0 Å². The molecule has 8 heteroatoms. The molecule has 0 bridgehead atoms. The van der Waals surface area contributed by atoms with Crippen molar-refractivity contribution in [3.05, 3.63) is 105 Å². The van der Waals surface area contributed by atoms with E-state index >= 15 is 0 Å². The van der Waals surface area contributed by atoms with Gasteiger partial charge in [0.1, 0.15) is 11.6 Å². The van der Waals surface area contributed by atoms with Gasteiger partial charge in [-0.25, -0.2) is 9.37 Å². The molecule has 1 heterocycles. The molecule has 180 valence electrons. The fourth-order valence-corrected chi connectivity index (χ4v) is 4.10. The molecule has 0 spiro atoms. The van der Waals surface area contributed by atoms with E-state index in [1.54, 1.807) is 66.4 Å². The molecule has 0 aliphatic heterocycles. The topological polar surface area (TPSA) is 58.4 Å². The molecule has 6 nitrogen and oxygen atoms in total. The van der Waals surface area contributed by atoms with E-state index in [0.29, 0.717) is 40.5 Å². The van der Waals surface area contributed by atoms with Crippen LogP contribution in [0.25, 0.3) is 16.6 Å². The molecule has 4 aromatic rings. The van der Waals surface area contributed by atoms with Crippen molar-refractivity contribution in [3.8, 4) is 5.69 Å². The van der Waals surface area contributed by atoms with Crippen LogP contribution in [0.2, 0.25) is 5.02 Å². The van der Waals surface area contributed by atoms with Crippen molar-refractivity contribution in [3.63, 3.8) is 0 Å². The van der Waals surface area contributed by atoms with Crippen molar-refractivity contribution in [2.45, 2.75) is 13.0 Å². The molecule has 1 atom stereocenters. The number of amides is 1. The smallest absolute Gasteiger partial charge is 0.266 e. The number of fused-ring (bicyclic) bond motifs is 1. The normalized spacial score (nSPS) is 12.2. The summed E-state index contributed by atoms with van der Waals surface area (Å²) < 4.78 is 16.1. The standard InChI is InChI=1S/C27H26ClFN4O2/c1-18(32(17-16-31(2)3)26(34)21-8-4-6-10-23(21)29)25-30-24-11-7-5-9-22(24)27(35)33(25)20-14-12-19(28)13-15-20/h4-15,18H,16-17H2,1-3H3. The maximum absolute atomic E-state index is 14.6. The van der Waals surface area contributed by atoms with Crippen LogP contribution in [0, 0.1) is 5.82 Å². The van der Waals surface area contributed by atoms with Crippen molar-refractivity contribution >= 4 is 28.4 Å². The number of hydrogen-bond acceptors (Lipinski definition) is 4. The van der Waals surface area contributed by atoms with Gasteiger partial charge in [-0.15, -0.1) is 0 Å². The summed E-state index contributed by atoms with van der Waals surface area (Å²) in [7, 11) is 3.79. The first-order valence-corrected chi connectivity index (χ1v) is 11.6. The second-order valence-corrected chi connectivity index (χ2v) is 9.00. The molecule has 0 fully saturated rings. The van der Waals surface area contributed by atoms with Crippen LogP contribution in [-0.4, -0.2) is 52.4 Å². The lowest BCUT2D eigenvalue weighted by atomic mass is 10.1. The van der Waals surface area contributed by atoms with Crippen molar-refractivity contribution in [2.24, 2.45) is 0 Å². The summed E-state index contributed by atoms with van der Waals surface area (Å²) in [5, 5.41) is 0.992. The average molecular weight is 493 g/mol. The van der Waals surface area contributed by atoms with Gasteiger partial charge in [-0.1, -0.05) is 35.9 Å². The highest BCUT2D eigenvalue weighted by atomic mass is 35.5. The van der Waals surface area contributed by atoms with Crippen LogP contribution < -0.4 is 5.56 Å². The number of likely N-dealkylation sites (N-methyl/N-ethyl adjacent to an activating group) is 1. The number of aromatic nitrogens is 2. The van der Waals surface area contributed by atoms with Crippen molar-refractivity contribution < 1.29 is 9.18 Å². The first-order valence-electron chi connectivity index (χ1n) is 11.3. The number of halogens is 2. The van der Waals surface area contributed by atoms with E-state index < -0.39 is 17.8 Å². The molecule has 1 unspecified atom stereocenters. The molecule has 35 heavy (non-hydrogen) atoms. The van der Waals surface area contributed by atoms with Gasteiger partial charge in [0.25, 0.3) is 11.5 Å². The predicted octanol–water partition coefficient (Wildman–Crippen LogP) is 4.94. The number of para-hydroxylation sites is 1. The lowest BCUT2D eigenvalue weighted by Crippen LogP contribution is -2.41. The summed E-state index contributed by atoms with van der Waals surface area (Å²) in [5.41, 5.74) is 0.811. The van der Waals surface area contributed by atoms with E-state index in [9.17, 15) is 14.0 Å². The maximum Gasteiger partial charge on any atom is 0.266 e. The third-order valence-corrected chi connectivity index (χ3v) is 6.13. The van der Waals surface area contributed by atoms with Crippen LogP contribution in [0.15, 0.2) is 77.6 Å². The number of benzene rings is 3. The summed E-state index contributed by atoms with van der Waals surface area (Å²) in [4.78, 5) is 35.5. The van der Waals surface area contributed by atoms with Crippen molar-refractivity contribution in [2.75, 3.05) is 27.2 Å². The fraction of sp³-hybridized carbons (Fsp3) is 0.222. The first kappa shape index (κ1) is 24.6. The highest BCUT2D eigenvalue weighted by Gasteiger charge is 2.29. The Kier molecular flexibility index (Phi) is 7.28. The van der Waals surface area contributed by atoms with Gasteiger partial charge in [-0.3, -0.25) is 14.2 Å². The summed E-state index contributed by atoms with van der Waals surface area (Å²) in [6, 6.07) is 19.2. The minimum absolute atomic E-state index is 0.0284. The van der Waals surface area contributed by atoms with Gasteiger partial charge < -0.3 is 9.80 Å². The minimum atomic E-state index is -0.643. The summed E-state index contributed by atoms with van der Waals surface area (Å²) >= 11 is 6.09. The summed E-state index contributed by atoms with van der Waals surface area (Å²) in [6.45, 7) is 2.66. The van der Waals surface area contributed by atoms with Crippen LogP contribution in [0.3, 0.4) is 0 Å². The largest absolute Gasteiger partial charge is 0.327 e. The van der Waals surface area contributed by atoms with Gasteiger partial charge in [-0.2, -0.15) is 0 Å². The van der Waals surface area contributed by atoms with Crippen LogP contribution >= 0.6 is 11.6 Å². The quantitative estimate of drug-likeness (QED) is 0.366. The first-order chi connectivity index (χ1) is 16.8. The third-order valence-electron chi connectivity index (χ3n) is 5.88. The zero-order valence-corrected chi connectivity index (χ0v) is 20.5. The zero-order chi connectivity index (χ0) is 25.1. The van der Waals surface area contributed by atoms with Crippen LogP contribution in [0.4, 0.5) is 4.39 Å². The van der Waals surface area contributed by atoms with Gasteiger partial charge in [0, 0.05) is 18.1 Å². The molecule has 0 N–H and O–H groups in total. The molecular weight excluding hydrogens is 467 g/mol. The van der Waals surface area contributed by atoms with E-state index in [1.807, 2.05) is 25.1 Å². The van der Waals surface area contributed by atoms with E-state index in [2.05, 4.69) is 0 Å². The molecule has 1 aromatic heterocycles. The van der Waals surface area contributed by atoms with Crippen LogP contribution in [-0.2, 0) is 0 Å².